The molecule has 5 nitrogen and oxygen atoms in total. The molecule has 0 heterocycles. The molecule has 2 unspecified atom stereocenters. The highest BCUT2D eigenvalue weighted by molar-refractivity contribution is 5.80. The lowest BCUT2D eigenvalue weighted by atomic mass is 10.0. The van der Waals surface area contributed by atoms with E-state index < -0.39 is 6.04 Å². The van der Waals surface area contributed by atoms with Crippen molar-refractivity contribution >= 4 is 11.9 Å². The standard InChI is InChI=1S/C16H32N2O3/c1-11(2)7-8-13(5)18-15(19)10-17-14(9-12(3)4)16(20)21-6/h11-14,17H,7-10H2,1-6H3,(H,18,19). The van der Waals surface area contributed by atoms with Crippen LogP contribution in [0.2, 0.25) is 0 Å². The molecular formula is C16H32N2O3. The first-order chi connectivity index (χ1) is 9.76. The number of methoxy groups -OCH3 is 1. The van der Waals surface area contributed by atoms with Gasteiger partial charge in [-0.1, -0.05) is 27.7 Å². The van der Waals surface area contributed by atoms with Crippen molar-refractivity contribution in [2.45, 2.75) is 66.0 Å². The topological polar surface area (TPSA) is 67.4 Å². The Labute approximate surface area is 129 Å². The number of nitrogens with one attached hydrogen (secondary N) is 2. The van der Waals surface area contributed by atoms with Gasteiger partial charge >= 0.3 is 5.97 Å². The first-order valence-corrected chi connectivity index (χ1v) is 7.86. The lowest BCUT2D eigenvalue weighted by Crippen LogP contribution is -2.46. The maximum atomic E-state index is 11.9. The number of amides is 1. The van der Waals surface area contributed by atoms with Crippen LogP contribution in [0.25, 0.3) is 0 Å². The molecule has 1 amide bonds. The molecule has 0 aliphatic heterocycles. The second kappa shape index (κ2) is 10.6. The number of hydrogen-bond donors (Lipinski definition) is 2. The van der Waals surface area contributed by atoms with Gasteiger partial charge in [0.2, 0.25) is 5.91 Å². The van der Waals surface area contributed by atoms with Gasteiger partial charge in [-0.15, -0.1) is 0 Å². The quantitative estimate of drug-likeness (QED) is 0.606. The van der Waals surface area contributed by atoms with E-state index in [1.54, 1.807) is 0 Å². The summed E-state index contributed by atoms with van der Waals surface area (Å²) in [5.41, 5.74) is 0. The number of carbonyl (C=O) groups excluding carboxylic acids is 2. The maximum Gasteiger partial charge on any atom is 0.322 e. The number of carbonyl (C=O) groups is 2. The minimum atomic E-state index is -0.424. The Kier molecular flexibility index (Phi) is 10.0. The minimum Gasteiger partial charge on any atom is -0.468 e. The number of esters is 1. The third-order valence-corrected chi connectivity index (χ3v) is 3.29. The smallest absolute Gasteiger partial charge is 0.322 e. The van der Waals surface area contributed by atoms with Crippen LogP contribution in [-0.4, -0.2) is 37.6 Å². The second-order valence-corrected chi connectivity index (χ2v) is 6.53. The summed E-state index contributed by atoms with van der Waals surface area (Å²) in [6.45, 7) is 10.5. The molecule has 21 heavy (non-hydrogen) atoms. The van der Waals surface area contributed by atoms with Gasteiger partial charge in [0.15, 0.2) is 0 Å². The third kappa shape index (κ3) is 10.3. The molecule has 0 spiro atoms. The number of ether oxygens (including phenoxy) is 1. The lowest BCUT2D eigenvalue weighted by Gasteiger charge is -2.19. The Hall–Kier alpha value is -1.10. The summed E-state index contributed by atoms with van der Waals surface area (Å²) in [6, 6.07) is -0.268. The van der Waals surface area contributed by atoms with Crippen LogP contribution in [-0.2, 0) is 14.3 Å². The van der Waals surface area contributed by atoms with Crippen LogP contribution in [0.5, 0.6) is 0 Å². The molecule has 0 bridgehead atoms. The molecule has 2 atom stereocenters. The fraction of sp³-hybridized carbons (Fsp3) is 0.875. The molecule has 0 aromatic carbocycles. The summed E-state index contributed by atoms with van der Waals surface area (Å²) >= 11 is 0. The van der Waals surface area contributed by atoms with E-state index in [-0.39, 0.29) is 24.5 Å². The van der Waals surface area contributed by atoms with Gasteiger partial charge in [-0.2, -0.15) is 0 Å². The van der Waals surface area contributed by atoms with Gasteiger partial charge in [-0.05, 0) is 38.0 Å². The molecule has 124 valence electrons. The van der Waals surface area contributed by atoms with E-state index in [1.165, 1.54) is 7.11 Å². The molecular weight excluding hydrogens is 268 g/mol. The van der Waals surface area contributed by atoms with Gasteiger partial charge in [-0.3, -0.25) is 14.9 Å². The van der Waals surface area contributed by atoms with Crippen molar-refractivity contribution in [1.29, 1.82) is 0 Å². The zero-order chi connectivity index (χ0) is 16.4. The molecule has 0 radical (unpaired) electrons. The highest BCUT2D eigenvalue weighted by Crippen LogP contribution is 2.07. The highest BCUT2D eigenvalue weighted by Gasteiger charge is 2.21. The molecule has 0 aromatic rings. The summed E-state index contributed by atoms with van der Waals surface area (Å²) < 4.78 is 4.76. The average molecular weight is 300 g/mol. The normalized spacial score (nSPS) is 14.1. The van der Waals surface area contributed by atoms with Gasteiger partial charge in [-0.25, -0.2) is 0 Å². The predicted octanol–water partition coefficient (Wildman–Crippen LogP) is 2.10. The van der Waals surface area contributed by atoms with E-state index in [2.05, 4.69) is 24.5 Å². The van der Waals surface area contributed by atoms with E-state index in [4.69, 9.17) is 4.74 Å². The van der Waals surface area contributed by atoms with E-state index in [9.17, 15) is 9.59 Å². The average Bonchev–Trinajstić information content (AvgIpc) is 2.39. The van der Waals surface area contributed by atoms with Crippen LogP contribution < -0.4 is 10.6 Å². The third-order valence-electron chi connectivity index (χ3n) is 3.29. The predicted molar refractivity (Wildman–Crippen MR) is 84.9 cm³/mol. The Morgan fingerprint density at radius 3 is 2.10 bits per heavy atom. The Morgan fingerprint density at radius 2 is 1.62 bits per heavy atom. The molecule has 0 saturated heterocycles. The van der Waals surface area contributed by atoms with Gasteiger partial charge in [0.1, 0.15) is 6.04 Å². The van der Waals surface area contributed by atoms with Crippen LogP contribution >= 0.6 is 0 Å². The van der Waals surface area contributed by atoms with E-state index >= 15 is 0 Å². The van der Waals surface area contributed by atoms with Crippen LogP contribution in [0.15, 0.2) is 0 Å². The zero-order valence-electron chi connectivity index (χ0n) is 14.4. The monoisotopic (exact) mass is 300 g/mol. The Bertz CT molecular complexity index is 317. The van der Waals surface area contributed by atoms with Crippen molar-refractivity contribution < 1.29 is 14.3 Å². The molecule has 0 rings (SSSR count). The van der Waals surface area contributed by atoms with Gasteiger partial charge in [0.05, 0.1) is 13.7 Å². The van der Waals surface area contributed by atoms with Gasteiger partial charge < -0.3 is 10.1 Å². The first-order valence-electron chi connectivity index (χ1n) is 7.86. The zero-order valence-corrected chi connectivity index (χ0v) is 14.4. The van der Waals surface area contributed by atoms with E-state index in [0.29, 0.717) is 18.3 Å². The lowest BCUT2D eigenvalue weighted by molar-refractivity contribution is -0.143. The van der Waals surface area contributed by atoms with Gasteiger partial charge in [0.25, 0.3) is 0 Å². The number of hydrogen-bond acceptors (Lipinski definition) is 4. The number of rotatable bonds is 10. The Morgan fingerprint density at radius 1 is 1.00 bits per heavy atom. The van der Waals surface area contributed by atoms with Crippen LogP contribution in [0.4, 0.5) is 0 Å². The fourth-order valence-electron chi connectivity index (χ4n) is 2.07. The summed E-state index contributed by atoms with van der Waals surface area (Å²) in [4.78, 5) is 23.5. The Balaban J connectivity index is 4.15. The van der Waals surface area contributed by atoms with E-state index in [0.717, 1.165) is 12.8 Å². The molecule has 2 N–H and O–H groups in total. The second-order valence-electron chi connectivity index (χ2n) is 6.53. The SMILES string of the molecule is COC(=O)C(CC(C)C)NCC(=O)NC(C)CCC(C)C. The van der Waals surface area contributed by atoms with Gasteiger partial charge in [0, 0.05) is 6.04 Å². The van der Waals surface area contributed by atoms with Crippen molar-refractivity contribution in [3.05, 3.63) is 0 Å². The van der Waals surface area contributed by atoms with Crippen molar-refractivity contribution in [1.82, 2.24) is 10.6 Å². The molecule has 0 fully saturated rings. The summed E-state index contributed by atoms with van der Waals surface area (Å²) in [7, 11) is 1.37. The van der Waals surface area contributed by atoms with Crippen LogP contribution in [0.1, 0.15) is 53.9 Å². The fourth-order valence-corrected chi connectivity index (χ4v) is 2.07. The van der Waals surface area contributed by atoms with Crippen molar-refractivity contribution in [3.63, 3.8) is 0 Å². The largest absolute Gasteiger partial charge is 0.468 e. The molecule has 0 aliphatic carbocycles. The van der Waals surface area contributed by atoms with Crippen molar-refractivity contribution in [3.8, 4) is 0 Å². The van der Waals surface area contributed by atoms with E-state index in [1.807, 2.05) is 20.8 Å². The van der Waals surface area contributed by atoms with Crippen molar-refractivity contribution in [2.75, 3.05) is 13.7 Å². The molecule has 0 saturated carbocycles. The summed E-state index contributed by atoms with van der Waals surface area (Å²) in [5.74, 6) is 0.597. The van der Waals surface area contributed by atoms with Crippen LogP contribution in [0.3, 0.4) is 0 Å². The molecule has 0 aromatic heterocycles. The first kappa shape index (κ1) is 19.9. The molecule has 0 aliphatic rings. The maximum absolute atomic E-state index is 11.9. The van der Waals surface area contributed by atoms with Crippen molar-refractivity contribution in [2.24, 2.45) is 11.8 Å². The molecule has 5 heteroatoms. The minimum absolute atomic E-state index is 0.0797. The summed E-state index contributed by atoms with van der Waals surface area (Å²) in [6.07, 6.45) is 2.71. The highest BCUT2D eigenvalue weighted by atomic mass is 16.5. The summed E-state index contributed by atoms with van der Waals surface area (Å²) in [5, 5.41) is 5.93. The van der Waals surface area contributed by atoms with Crippen LogP contribution in [0, 0.1) is 11.8 Å².